The van der Waals surface area contributed by atoms with Gasteiger partial charge in [-0.2, -0.15) is 0 Å². The Labute approximate surface area is 87.7 Å². The van der Waals surface area contributed by atoms with Crippen molar-refractivity contribution in [2.24, 2.45) is 0 Å². The van der Waals surface area contributed by atoms with Crippen molar-refractivity contribution in [3.8, 4) is 0 Å². The van der Waals surface area contributed by atoms with Crippen LogP contribution in [0.15, 0.2) is 12.1 Å². The standard InChI is InChI=1S/C12H13NO2/c1-6-4-5-7(2)11-9(6)10(12(14)15)8(3)13-11/h4-5,13H,1-3H3,(H,14,15). The fourth-order valence-electron chi connectivity index (χ4n) is 2.00. The second-order valence-electron chi connectivity index (χ2n) is 3.88. The Morgan fingerprint density at radius 3 is 2.40 bits per heavy atom. The molecule has 0 spiro atoms. The molecule has 2 N–H and O–H groups in total. The number of aromatic carboxylic acids is 1. The van der Waals surface area contributed by atoms with E-state index in [0.717, 1.165) is 27.7 Å². The van der Waals surface area contributed by atoms with Gasteiger partial charge in [-0.1, -0.05) is 12.1 Å². The molecule has 2 aromatic rings. The van der Waals surface area contributed by atoms with Crippen molar-refractivity contribution >= 4 is 16.9 Å². The third kappa shape index (κ3) is 1.31. The SMILES string of the molecule is Cc1[nH]c2c(C)ccc(C)c2c1C(=O)O. The number of H-pyrrole nitrogens is 1. The van der Waals surface area contributed by atoms with Gasteiger partial charge in [-0.25, -0.2) is 4.79 Å². The summed E-state index contributed by atoms with van der Waals surface area (Å²) < 4.78 is 0. The van der Waals surface area contributed by atoms with E-state index in [4.69, 9.17) is 5.11 Å². The van der Waals surface area contributed by atoms with Crippen LogP contribution in [0.25, 0.3) is 10.9 Å². The van der Waals surface area contributed by atoms with Crippen LogP contribution in [0.4, 0.5) is 0 Å². The van der Waals surface area contributed by atoms with Gasteiger partial charge < -0.3 is 10.1 Å². The number of aromatic nitrogens is 1. The minimum atomic E-state index is -0.868. The molecule has 2 rings (SSSR count). The molecule has 0 saturated carbocycles. The average Bonchev–Trinajstić information content (AvgIpc) is 2.50. The van der Waals surface area contributed by atoms with Gasteiger partial charge >= 0.3 is 5.97 Å². The Bertz CT molecular complexity index is 552. The van der Waals surface area contributed by atoms with E-state index in [1.165, 1.54) is 0 Å². The molecule has 0 unspecified atom stereocenters. The Balaban J connectivity index is 2.98. The normalized spacial score (nSPS) is 10.9. The van der Waals surface area contributed by atoms with E-state index in [1.807, 2.05) is 26.0 Å². The number of carboxylic acid groups (broad SMARTS) is 1. The highest BCUT2D eigenvalue weighted by atomic mass is 16.4. The highest BCUT2D eigenvalue weighted by Gasteiger charge is 2.17. The molecule has 0 fully saturated rings. The molecule has 0 aliphatic heterocycles. The molecule has 0 amide bonds. The number of hydrogen-bond acceptors (Lipinski definition) is 1. The van der Waals surface area contributed by atoms with Gasteiger partial charge in [-0.3, -0.25) is 0 Å². The summed E-state index contributed by atoms with van der Waals surface area (Å²) in [5.74, 6) is -0.868. The minimum Gasteiger partial charge on any atom is -0.478 e. The number of aryl methyl sites for hydroxylation is 3. The van der Waals surface area contributed by atoms with Crippen molar-refractivity contribution in [3.05, 3.63) is 34.5 Å². The second-order valence-corrected chi connectivity index (χ2v) is 3.88. The first kappa shape index (κ1) is 9.77. The van der Waals surface area contributed by atoms with Gasteiger partial charge in [0.15, 0.2) is 0 Å². The molecule has 15 heavy (non-hydrogen) atoms. The van der Waals surface area contributed by atoms with Crippen LogP contribution in [0.3, 0.4) is 0 Å². The molecule has 78 valence electrons. The van der Waals surface area contributed by atoms with Crippen molar-refractivity contribution in [2.45, 2.75) is 20.8 Å². The summed E-state index contributed by atoms with van der Waals surface area (Å²) in [6.45, 7) is 5.70. The lowest BCUT2D eigenvalue weighted by Gasteiger charge is -2.00. The monoisotopic (exact) mass is 203 g/mol. The number of carbonyl (C=O) groups is 1. The fourth-order valence-corrected chi connectivity index (χ4v) is 2.00. The molecule has 1 aromatic heterocycles. The number of benzene rings is 1. The molecule has 0 aliphatic carbocycles. The first-order chi connectivity index (χ1) is 7.02. The smallest absolute Gasteiger partial charge is 0.338 e. The summed E-state index contributed by atoms with van der Waals surface area (Å²) in [6.07, 6.45) is 0. The molecular weight excluding hydrogens is 190 g/mol. The maximum Gasteiger partial charge on any atom is 0.338 e. The summed E-state index contributed by atoms with van der Waals surface area (Å²) >= 11 is 0. The largest absolute Gasteiger partial charge is 0.478 e. The summed E-state index contributed by atoms with van der Waals surface area (Å²) in [5.41, 5.74) is 4.12. The third-order valence-electron chi connectivity index (χ3n) is 2.77. The van der Waals surface area contributed by atoms with Crippen LogP contribution in [0.1, 0.15) is 27.2 Å². The predicted octanol–water partition coefficient (Wildman–Crippen LogP) is 2.79. The Hall–Kier alpha value is -1.77. The first-order valence-corrected chi connectivity index (χ1v) is 4.84. The van der Waals surface area contributed by atoms with Gasteiger partial charge in [-0.15, -0.1) is 0 Å². The fraction of sp³-hybridized carbons (Fsp3) is 0.250. The van der Waals surface area contributed by atoms with E-state index in [-0.39, 0.29) is 0 Å². The highest BCUT2D eigenvalue weighted by molar-refractivity contribution is 6.06. The third-order valence-corrected chi connectivity index (χ3v) is 2.77. The van der Waals surface area contributed by atoms with E-state index >= 15 is 0 Å². The van der Waals surface area contributed by atoms with Crippen LogP contribution >= 0.6 is 0 Å². The quantitative estimate of drug-likeness (QED) is 0.748. The zero-order chi connectivity index (χ0) is 11.2. The van der Waals surface area contributed by atoms with Crippen molar-refractivity contribution in [1.29, 1.82) is 0 Å². The van der Waals surface area contributed by atoms with Gasteiger partial charge in [0.2, 0.25) is 0 Å². The van der Waals surface area contributed by atoms with Gasteiger partial charge in [0.25, 0.3) is 0 Å². The van der Waals surface area contributed by atoms with Gasteiger partial charge in [0.05, 0.1) is 5.56 Å². The van der Waals surface area contributed by atoms with Crippen molar-refractivity contribution < 1.29 is 9.90 Å². The van der Waals surface area contributed by atoms with E-state index in [0.29, 0.717) is 5.56 Å². The maximum absolute atomic E-state index is 11.1. The van der Waals surface area contributed by atoms with E-state index < -0.39 is 5.97 Å². The zero-order valence-electron chi connectivity index (χ0n) is 9.01. The Kier molecular flexibility index (Phi) is 2.03. The number of hydrogen-bond donors (Lipinski definition) is 2. The Morgan fingerprint density at radius 2 is 1.80 bits per heavy atom. The number of carboxylic acids is 1. The molecular formula is C12H13NO2. The summed E-state index contributed by atoms with van der Waals surface area (Å²) in [5, 5.41) is 9.98. The van der Waals surface area contributed by atoms with Crippen LogP contribution in [0.2, 0.25) is 0 Å². The lowest BCUT2D eigenvalue weighted by molar-refractivity contribution is 0.0698. The van der Waals surface area contributed by atoms with Gasteiger partial charge in [0, 0.05) is 16.6 Å². The van der Waals surface area contributed by atoms with Crippen LogP contribution < -0.4 is 0 Å². The number of aromatic amines is 1. The molecule has 3 heteroatoms. The summed E-state index contributed by atoms with van der Waals surface area (Å²) in [7, 11) is 0. The first-order valence-electron chi connectivity index (χ1n) is 4.84. The highest BCUT2D eigenvalue weighted by Crippen LogP contribution is 2.27. The molecule has 0 aliphatic rings. The van der Waals surface area contributed by atoms with E-state index in [9.17, 15) is 4.79 Å². The predicted molar refractivity (Wildman–Crippen MR) is 59.5 cm³/mol. The number of nitrogens with one attached hydrogen (secondary N) is 1. The average molecular weight is 203 g/mol. The van der Waals surface area contributed by atoms with Crippen LogP contribution in [0, 0.1) is 20.8 Å². The molecule has 1 heterocycles. The van der Waals surface area contributed by atoms with Gasteiger partial charge in [-0.05, 0) is 31.9 Å². The van der Waals surface area contributed by atoms with E-state index in [2.05, 4.69) is 4.98 Å². The number of fused-ring (bicyclic) bond motifs is 1. The molecule has 0 saturated heterocycles. The van der Waals surface area contributed by atoms with Gasteiger partial charge in [0.1, 0.15) is 0 Å². The minimum absolute atomic E-state index is 0.395. The Morgan fingerprint density at radius 1 is 1.20 bits per heavy atom. The van der Waals surface area contributed by atoms with Crippen LogP contribution in [0.5, 0.6) is 0 Å². The summed E-state index contributed by atoms with van der Waals surface area (Å²) in [6, 6.07) is 3.95. The second kappa shape index (κ2) is 3.12. The van der Waals surface area contributed by atoms with Crippen LogP contribution in [-0.2, 0) is 0 Å². The maximum atomic E-state index is 11.1. The molecule has 3 nitrogen and oxygen atoms in total. The lowest BCUT2D eigenvalue weighted by atomic mass is 10.0. The molecule has 0 bridgehead atoms. The lowest BCUT2D eigenvalue weighted by Crippen LogP contribution is -1.97. The van der Waals surface area contributed by atoms with Crippen molar-refractivity contribution in [2.75, 3.05) is 0 Å². The van der Waals surface area contributed by atoms with Crippen molar-refractivity contribution in [3.63, 3.8) is 0 Å². The number of rotatable bonds is 1. The molecule has 1 aromatic carbocycles. The molecule has 0 atom stereocenters. The summed E-state index contributed by atoms with van der Waals surface area (Å²) in [4.78, 5) is 14.3. The zero-order valence-corrected chi connectivity index (χ0v) is 9.01. The molecule has 0 radical (unpaired) electrons. The van der Waals surface area contributed by atoms with E-state index in [1.54, 1.807) is 6.92 Å². The topological polar surface area (TPSA) is 53.1 Å². The van der Waals surface area contributed by atoms with Crippen molar-refractivity contribution in [1.82, 2.24) is 4.98 Å². The van der Waals surface area contributed by atoms with Crippen LogP contribution in [-0.4, -0.2) is 16.1 Å².